The van der Waals surface area contributed by atoms with Crippen molar-refractivity contribution in [3.8, 4) is 0 Å². The van der Waals surface area contributed by atoms with E-state index in [2.05, 4.69) is 10.6 Å². The van der Waals surface area contributed by atoms with E-state index in [0.717, 1.165) is 19.0 Å². The van der Waals surface area contributed by atoms with Crippen molar-refractivity contribution in [2.45, 2.75) is 19.3 Å². The Balaban J connectivity index is 1.68. The molecule has 7 heteroatoms. The zero-order valence-corrected chi connectivity index (χ0v) is 12.3. The monoisotopic (exact) mass is 313 g/mol. The van der Waals surface area contributed by atoms with Crippen LogP contribution in [-0.2, 0) is 4.79 Å². The van der Waals surface area contributed by atoms with Crippen LogP contribution in [0.1, 0.15) is 19.3 Å². The molecule has 2 rings (SSSR count). The molecule has 0 atom stereocenters. The lowest BCUT2D eigenvalue weighted by Gasteiger charge is -2.15. The van der Waals surface area contributed by atoms with Crippen LogP contribution in [0.4, 0.5) is 14.9 Å². The zero-order chi connectivity index (χ0) is 15.2. The van der Waals surface area contributed by atoms with Crippen molar-refractivity contribution in [1.82, 2.24) is 10.2 Å². The van der Waals surface area contributed by atoms with E-state index in [-0.39, 0.29) is 10.9 Å². The first-order valence-electron chi connectivity index (χ1n) is 6.84. The molecule has 0 spiro atoms. The van der Waals surface area contributed by atoms with E-state index >= 15 is 0 Å². The number of benzene rings is 1. The zero-order valence-electron chi connectivity index (χ0n) is 11.5. The molecule has 1 aromatic rings. The Hall–Kier alpha value is -1.82. The van der Waals surface area contributed by atoms with Gasteiger partial charge in [0.15, 0.2) is 0 Å². The Morgan fingerprint density at radius 3 is 2.90 bits per heavy atom. The molecule has 1 aromatic carbocycles. The van der Waals surface area contributed by atoms with E-state index in [0.29, 0.717) is 31.6 Å². The second-order valence-corrected chi connectivity index (χ2v) is 5.25. The number of amides is 3. The predicted octanol–water partition coefficient (Wildman–Crippen LogP) is 2.61. The van der Waals surface area contributed by atoms with Gasteiger partial charge in [0.2, 0.25) is 5.91 Å². The third-order valence-corrected chi connectivity index (χ3v) is 3.55. The SMILES string of the molecule is O=C(NCCCN1CCCC1=O)Nc1ccc(F)cc1Cl. The third kappa shape index (κ3) is 4.60. The molecule has 0 aliphatic carbocycles. The second-order valence-electron chi connectivity index (χ2n) is 4.84. The molecular weight excluding hydrogens is 297 g/mol. The van der Waals surface area contributed by atoms with Crippen LogP contribution < -0.4 is 10.6 Å². The minimum absolute atomic E-state index is 0.146. The number of likely N-dealkylation sites (tertiary alicyclic amines) is 1. The Labute approximate surface area is 127 Å². The fraction of sp³-hybridized carbons (Fsp3) is 0.429. The molecule has 0 bridgehead atoms. The predicted molar refractivity (Wildman–Crippen MR) is 78.9 cm³/mol. The molecular formula is C14H17ClFN3O2. The highest BCUT2D eigenvalue weighted by Crippen LogP contribution is 2.22. The quantitative estimate of drug-likeness (QED) is 0.821. The molecule has 5 nitrogen and oxygen atoms in total. The molecule has 3 amide bonds. The van der Waals surface area contributed by atoms with Gasteiger partial charge in [0.25, 0.3) is 0 Å². The van der Waals surface area contributed by atoms with Gasteiger partial charge in [-0.3, -0.25) is 4.79 Å². The molecule has 1 aliphatic rings. The summed E-state index contributed by atoms with van der Waals surface area (Å²) in [5.74, 6) is -0.279. The minimum atomic E-state index is -0.457. The fourth-order valence-corrected chi connectivity index (χ4v) is 2.38. The number of hydrogen-bond donors (Lipinski definition) is 2. The summed E-state index contributed by atoms with van der Waals surface area (Å²) >= 11 is 5.81. The normalized spacial score (nSPS) is 14.4. The van der Waals surface area contributed by atoms with E-state index in [1.165, 1.54) is 12.1 Å². The maximum atomic E-state index is 12.9. The molecule has 1 saturated heterocycles. The lowest BCUT2D eigenvalue weighted by atomic mass is 10.3. The molecule has 0 unspecified atom stereocenters. The summed E-state index contributed by atoms with van der Waals surface area (Å²) in [7, 11) is 0. The van der Waals surface area contributed by atoms with E-state index < -0.39 is 11.8 Å². The maximum Gasteiger partial charge on any atom is 0.319 e. The summed E-state index contributed by atoms with van der Waals surface area (Å²) < 4.78 is 12.9. The van der Waals surface area contributed by atoms with Gasteiger partial charge in [-0.15, -0.1) is 0 Å². The fourth-order valence-electron chi connectivity index (χ4n) is 2.17. The van der Waals surface area contributed by atoms with Crippen LogP contribution in [0, 0.1) is 5.82 Å². The van der Waals surface area contributed by atoms with E-state index in [9.17, 15) is 14.0 Å². The van der Waals surface area contributed by atoms with Crippen LogP contribution >= 0.6 is 11.6 Å². The van der Waals surface area contributed by atoms with Crippen molar-refractivity contribution in [3.05, 3.63) is 29.0 Å². The third-order valence-electron chi connectivity index (χ3n) is 3.24. The highest BCUT2D eigenvalue weighted by Gasteiger charge is 2.19. The van der Waals surface area contributed by atoms with Crippen LogP contribution in [0.25, 0.3) is 0 Å². The number of anilines is 1. The van der Waals surface area contributed by atoms with Gasteiger partial charge in [0.1, 0.15) is 5.82 Å². The van der Waals surface area contributed by atoms with Crippen LogP contribution in [0.2, 0.25) is 5.02 Å². The summed E-state index contributed by atoms with van der Waals surface area (Å²) in [5, 5.41) is 5.36. The number of carbonyl (C=O) groups excluding carboxylic acids is 2. The maximum absolute atomic E-state index is 12.9. The average Bonchev–Trinajstić information content (AvgIpc) is 2.84. The minimum Gasteiger partial charge on any atom is -0.343 e. The van der Waals surface area contributed by atoms with Crippen molar-refractivity contribution < 1.29 is 14.0 Å². The topological polar surface area (TPSA) is 61.4 Å². The van der Waals surface area contributed by atoms with E-state index in [4.69, 9.17) is 11.6 Å². The van der Waals surface area contributed by atoms with Crippen LogP contribution in [0.3, 0.4) is 0 Å². The number of nitrogens with one attached hydrogen (secondary N) is 2. The largest absolute Gasteiger partial charge is 0.343 e. The number of halogens is 2. The first-order chi connectivity index (χ1) is 10.1. The first-order valence-corrected chi connectivity index (χ1v) is 7.22. The van der Waals surface area contributed by atoms with Gasteiger partial charge in [-0.25, -0.2) is 9.18 Å². The summed E-state index contributed by atoms with van der Waals surface area (Å²) in [6, 6.07) is 3.35. The Morgan fingerprint density at radius 1 is 1.43 bits per heavy atom. The van der Waals surface area contributed by atoms with Crippen molar-refractivity contribution in [2.24, 2.45) is 0 Å². The lowest BCUT2D eigenvalue weighted by Crippen LogP contribution is -2.33. The molecule has 114 valence electrons. The number of carbonyl (C=O) groups is 2. The van der Waals surface area contributed by atoms with Gasteiger partial charge in [-0.05, 0) is 31.0 Å². The lowest BCUT2D eigenvalue weighted by molar-refractivity contribution is -0.127. The van der Waals surface area contributed by atoms with Gasteiger partial charge in [-0.2, -0.15) is 0 Å². The smallest absolute Gasteiger partial charge is 0.319 e. The van der Waals surface area contributed by atoms with Gasteiger partial charge in [0.05, 0.1) is 10.7 Å². The summed E-state index contributed by atoms with van der Waals surface area (Å²) in [5.41, 5.74) is 0.352. The molecule has 1 heterocycles. The number of rotatable bonds is 5. The Bertz CT molecular complexity index is 539. The van der Waals surface area contributed by atoms with Gasteiger partial charge in [-0.1, -0.05) is 11.6 Å². The van der Waals surface area contributed by atoms with Gasteiger partial charge < -0.3 is 15.5 Å². The molecule has 21 heavy (non-hydrogen) atoms. The van der Waals surface area contributed by atoms with Crippen molar-refractivity contribution >= 4 is 29.2 Å². The highest BCUT2D eigenvalue weighted by molar-refractivity contribution is 6.33. The molecule has 1 fully saturated rings. The molecule has 1 aliphatic heterocycles. The summed E-state index contributed by atoms with van der Waals surface area (Å²) in [4.78, 5) is 24.8. The summed E-state index contributed by atoms with van der Waals surface area (Å²) in [6.07, 6.45) is 2.23. The van der Waals surface area contributed by atoms with Gasteiger partial charge in [0, 0.05) is 26.1 Å². The number of urea groups is 1. The van der Waals surface area contributed by atoms with Gasteiger partial charge >= 0.3 is 6.03 Å². The molecule has 0 saturated carbocycles. The molecule has 0 aromatic heterocycles. The Kier molecular flexibility index (Phi) is 5.38. The van der Waals surface area contributed by atoms with Crippen molar-refractivity contribution in [3.63, 3.8) is 0 Å². The Morgan fingerprint density at radius 2 is 2.24 bits per heavy atom. The van der Waals surface area contributed by atoms with E-state index in [1.807, 2.05) is 0 Å². The van der Waals surface area contributed by atoms with Crippen LogP contribution in [-0.4, -0.2) is 36.5 Å². The standard InChI is InChI=1S/C14H17ClFN3O2/c15-11-9-10(16)4-5-12(11)18-14(21)17-6-2-8-19-7-1-3-13(19)20/h4-5,9H,1-3,6-8H2,(H2,17,18,21). The molecule has 0 radical (unpaired) electrons. The van der Waals surface area contributed by atoms with Crippen LogP contribution in [0.5, 0.6) is 0 Å². The van der Waals surface area contributed by atoms with E-state index in [1.54, 1.807) is 4.90 Å². The summed E-state index contributed by atoms with van der Waals surface area (Å²) in [6.45, 7) is 1.90. The molecule has 2 N–H and O–H groups in total. The van der Waals surface area contributed by atoms with Crippen LogP contribution in [0.15, 0.2) is 18.2 Å². The van der Waals surface area contributed by atoms with Crippen molar-refractivity contribution in [2.75, 3.05) is 25.0 Å². The number of nitrogens with zero attached hydrogens (tertiary/aromatic N) is 1. The second kappa shape index (κ2) is 7.26. The highest BCUT2D eigenvalue weighted by atomic mass is 35.5. The number of hydrogen-bond acceptors (Lipinski definition) is 2. The van der Waals surface area contributed by atoms with Crippen molar-refractivity contribution in [1.29, 1.82) is 0 Å². The first kappa shape index (κ1) is 15.6. The average molecular weight is 314 g/mol.